The first-order chi connectivity index (χ1) is 9.82. The van der Waals surface area contributed by atoms with Crippen LogP contribution in [-0.4, -0.2) is 39.5 Å². The van der Waals surface area contributed by atoms with Crippen LogP contribution in [0.1, 0.15) is 56.7 Å². The lowest BCUT2D eigenvalue weighted by Crippen LogP contribution is -2.32. The number of aromatic nitrogens is 3. The van der Waals surface area contributed by atoms with Crippen molar-refractivity contribution in [3.05, 3.63) is 11.4 Å². The summed E-state index contributed by atoms with van der Waals surface area (Å²) in [6.07, 6.45) is 1.31. The van der Waals surface area contributed by atoms with Gasteiger partial charge in [-0.3, -0.25) is 4.79 Å². The van der Waals surface area contributed by atoms with Crippen molar-refractivity contribution in [3.63, 3.8) is 0 Å². The highest BCUT2D eigenvalue weighted by Gasteiger charge is 2.31. The Kier molecular flexibility index (Phi) is 4.29. The normalized spacial score (nSPS) is 18.7. The number of amides is 1. The maximum absolute atomic E-state index is 12.0. The molecule has 2 heterocycles. The number of hydrogen-bond acceptors (Lipinski definition) is 5. The Labute approximate surface area is 124 Å². The lowest BCUT2D eigenvalue weighted by Gasteiger charge is -2.22. The summed E-state index contributed by atoms with van der Waals surface area (Å²) in [5.41, 5.74) is 0.699. The highest BCUT2D eigenvalue weighted by Crippen LogP contribution is 2.26. The third kappa shape index (κ3) is 3.40. The van der Waals surface area contributed by atoms with E-state index in [2.05, 4.69) is 15.6 Å². The van der Waals surface area contributed by atoms with Gasteiger partial charge in [-0.05, 0) is 13.3 Å². The smallest absolute Gasteiger partial charge is 0.360 e. The molecule has 0 aliphatic carbocycles. The molecule has 1 aromatic rings. The first kappa shape index (κ1) is 15.5. The lowest BCUT2D eigenvalue weighted by molar-refractivity contribution is -0.119. The predicted octanol–water partition coefficient (Wildman–Crippen LogP) is 1.03. The lowest BCUT2D eigenvalue weighted by atomic mass is 9.90. The molecule has 21 heavy (non-hydrogen) atoms. The van der Waals surface area contributed by atoms with Crippen LogP contribution in [-0.2, 0) is 21.5 Å². The summed E-state index contributed by atoms with van der Waals surface area (Å²) in [4.78, 5) is 23.3. The minimum atomic E-state index is -0.455. The minimum Gasteiger partial charge on any atom is -0.461 e. The predicted molar refractivity (Wildman–Crippen MR) is 75.8 cm³/mol. The van der Waals surface area contributed by atoms with Gasteiger partial charge in [0.2, 0.25) is 5.91 Å². The third-order valence-electron chi connectivity index (χ3n) is 3.39. The van der Waals surface area contributed by atoms with Crippen LogP contribution in [0.2, 0.25) is 0 Å². The zero-order valence-corrected chi connectivity index (χ0v) is 13.0. The average Bonchev–Trinajstić information content (AvgIpc) is 2.96. The average molecular weight is 294 g/mol. The molecule has 0 bridgehead atoms. The van der Waals surface area contributed by atoms with Gasteiger partial charge in [0.15, 0.2) is 5.69 Å². The highest BCUT2D eigenvalue weighted by molar-refractivity contribution is 5.88. The summed E-state index contributed by atoms with van der Waals surface area (Å²) >= 11 is 0. The Bertz CT molecular complexity index is 545. The summed E-state index contributed by atoms with van der Waals surface area (Å²) in [6, 6.07) is 0.0374. The van der Waals surface area contributed by atoms with Gasteiger partial charge in [0.05, 0.1) is 18.8 Å². The molecule has 0 spiro atoms. The Hall–Kier alpha value is -1.92. The molecule has 0 aromatic carbocycles. The molecule has 1 aliphatic heterocycles. The van der Waals surface area contributed by atoms with E-state index in [0.717, 1.165) is 12.1 Å². The van der Waals surface area contributed by atoms with E-state index in [9.17, 15) is 9.59 Å². The number of rotatable bonds is 4. The summed E-state index contributed by atoms with van der Waals surface area (Å²) < 4.78 is 6.75. The summed E-state index contributed by atoms with van der Waals surface area (Å²) in [7, 11) is 0. The second-order valence-electron chi connectivity index (χ2n) is 6.24. The largest absolute Gasteiger partial charge is 0.461 e. The van der Waals surface area contributed by atoms with E-state index in [1.165, 1.54) is 0 Å². The van der Waals surface area contributed by atoms with Crippen molar-refractivity contribution in [3.8, 4) is 0 Å². The number of carbonyl (C=O) groups is 2. The van der Waals surface area contributed by atoms with Crippen LogP contribution < -0.4 is 5.32 Å². The number of nitrogens with zero attached hydrogens (tertiary/aromatic N) is 3. The zero-order chi connectivity index (χ0) is 15.6. The first-order valence-electron chi connectivity index (χ1n) is 7.23. The monoisotopic (exact) mass is 294 g/mol. The molecule has 2 rings (SSSR count). The Balaban J connectivity index is 2.29. The van der Waals surface area contributed by atoms with Crippen LogP contribution in [0.4, 0.5) is 0 Å². The van der Waals surface area contributed by atoms with E-state index in [-0.39, 0.29) is 23.1 Å². The first-order valence-corrected chi connectivity index (χ1v) is 7.23. The molecule has 1 fully saturated rings. The Morgan fingerprint density at radius 1 is 1.48 bits per heavy atom. The van der Waals surface area contributed by atoms with E-state index >= 15 is 0 Å². The Morgan fingerprint density at radius 2 is 2.19 bits per heavy atom. The number of carbonyl (C=O) groups excluding carboxylic acids is 2. The molecule has 1 saturated heterocycles. The van der Waals surface area contributed by atoms with Gasteiger partial charge in [-0.25, -0.2) is 9.48 Å². The molecule has 1 amide bonds. The van der Waals surface area contributed by atoms with Gasteiger partial charge >= 0.3 is 5.97 Å². The van der Waals surface area contributed by atoms with Crippen molar-refractivity contribution in [1.82, 2.24) is 20.3 Å². The molecule has 0 saturated carbocycles. The molecule has 1 N–H and O–H groups in total. The van der Waals surface area contributed by atoms with Gasteiger partial charge in [-0.2, -0.15) is 0 Å². The van der Waals surface area contributed by atoms with Crippen LogP contribution in [0, 0.1) is 0 Å². The molecule has 1 aliphatic rings. The molecule has 116 valence electrons. The summed E-state index contributed by atoms with van der Waals surface area (Å²) in [6.45, 7) is 8.57. The van der Waals surface area contributed by atoms with E-state index in [1.807, 2.05) is 20.8 Å². The second kappa shape index (κ2) is 5.83. The highest BCUT2D eigenvalue weighted by atomic mass is 16.5. The molecule has 1 unspecified atom stereocenters. The number of nitrogens with one attached hydrogen (secondary N) is 1. The fourth-order valence-electron chi connectivity index (χ4n) is 2.54. The molecule has 0 radical (unpaired) electrons. The van der Waals surface area contributed by atoms with Crippen molar-refractivity contribution in [2.45, 2.75) is 58.5 Å². The van der Waals surface area contributed by atoms with E-state index < -0.39 is 5.97 Å². The van der Waals surface area contributed by atoms with Crippen LogP contribution in [0.15, 0.2) is 0 Å². The van der Waals surface area contributed by atoms with Crippen LogP contribution in [0.5, 0.6) is 0 Å². The van der Waals surface area contributed by atoms with Gasteiger partial charge in [-0.1, -0.05) is 26.0 Å². The van der Waals surface area contributed by atoms with Crippen LogP contribution in [0.25, 0.3) is 0 Å². The number of hydrogen-bond donors (Lipinski definition) is 1. The fraction of sp³-hybridized carbons (Fsp3) is 0.714. The second-order valence-corrected chi connectivity index (χ2v) is 6.24. The zero-order valence-electron chi connectivity index (χ0n) is 13.0. The number of esters is 1. The molecule has 1 aromatic heterocycles. The molecule has 7 nitrogen and oxygen atoms in total. The van der Waals surface area contributed by atoms with E-state index in [1.54, 1.807) is 11.6 Å². The van der Waals surface area contributed by atoms with E-state index in [4.69, 9.17) is 4.74 Å². The fourth-order valence-corrected chi connectivity index (χ4v) is 2.54. The summed E-state index contributed by atoms with van der Waals surface area (Å²) in [5, 5.41) is 11.0. The SMILES string of the molecule is CCOC(=O)c1nnn(CC2CCC(=O)N2)c1C(C)(C)C. The maximum Gasteiger partial charge on any atom is 0.360 e. The van der Waals surface area contributed by atoms with E-state index in [0.29, 0.717) is 19.6 Å². The Morgan fingerprint density at radius 3 is 2.71 bits per heavy atom. The van der Waals surface area contributed by atoms with Crippen molar-refractivity contribution in [2.24, 2.45) is 0 Å². The molecule has 7 heteroatoms. The van der Waals surface area contributed by atoms with Gasteiger partial charge in [0.1, 0.15) is 0 Å². The van der Waals surface area contributed by atoms with Crippen molar-refractivity contribution < 1.29 is 14.3 Å². The maximum atomic E-state index is 12.0. The summed E-state index contributed by atoms with van der Waals surface area (Å²) in [5.74, 6) is -0.396. The van der Waals surface area contributed by atoms with Crippen molar-refractivity contribution in [1.29, 1.82) is 0 Å². The standard InChI is InChI=1S/C14H22N4O3/c1-5-21-13(20)11-12(14(2,3)4)18(17-16-11)8-9-6-7-10(19)15-9/h9H,5-8H2,1-4H3,(H,15,19). The van der Waals surface area contributed by atoms with Crippen LogP contribution >= 0.6 is 0 Å². The topological polar surface area (TPSA) is 86.1 Å². The van der Waals surface area contributed by atoms with Gasteiger partial charge in [-0.15, -0.1) is 5.10 Å². The number of ether oxygens (including phenoxy) is 1. The van der Waals surface area contributed by atoms with Gasteiger partial charge in [0, 0.05) is 17.9 Å². The molecule has 1 atom stereocenters. The quantitative estimate of drug-likeness (QED) is 0.838. The minimum absolute atomic E-state index is 0.0374. The third-order valence-corrected chi connectivity index (χ3v) is 3.39. The molecular weight excluding hydrogens is 272 g/mol. The van der Waals surface area contributed by atoms with Gasteiger partial charge < -0.3 is 10.1 Å². The van der Waals surface area contributed by atoms with Crippen molar-refractivity contribution in [2.75, 3.05) is 6.61 Å². The van der Waals surface area contributed by atoms with Crippen LogP contribution in [0.3, 0.4) is 0 Å². The van der Waals surface area contributed by atoms with Gasteiger partial charge in [0.25, 0.3) is 0 Å². The molecular formula is C14H22N4O3. The van der Waals surface area contributed by atoms with Crippen molar-refractivity contribution >= 4 is 11.9 Å².